The summed E-state index contributed by atoms with van der Waals surface area (Å²) in [6.45, 7) is 4.71. The standard InChI is InChI=1S/C7H11NO4S/c1-3-6(13(10,11)12)5-8-7(9)4-2/h4-5H,2-3H2,1H3,(H,8,9)(H,10,11,12). The number of hydrogen-bond acceptors (Lipinski definition) is 3. The minimum absolute atomic E-state index is 0.107. The Morgan fingerprint density at radius 1 is 1.62 bits per heavy atom. The lowest BCUT2D eigenvalue weighted by atomic mass is 10.4. The second kappa shape index (κ2) is 4.78. The van der Waals surface area contributed by atoms with Gasteiger partial charge in [0.05, 0.1) is 4.91 Å². The zero-order valence-corrected chi connectivity index (χ0v) is 7.97. The average Bonchev–Trinajstić information content (AvgIpc) is 2.02. The monoisotopic (exact) mass is 205 g/mol. The van der Waals surface area contributed by atoms with Crippen LogP contribution in [0.25, 0.3) is 0 Å². The summed E-state index contributed by atoms with van der Waals surface area (Å²) in [4.78, 5) is 10.4. The molecule has 0 bridgehead atoms. The van der Waals surface area contributed by atoms with E-state index in [-0.39, 0.29) is 11.3 Å². The maximum atomic E-state index is 10.6. The quantitative estimate of drug-likeness (QED) is 0.515. The normalized spacial score (nSPS) is 12.3. The zero-order chi connectivity index (χ0) is 10.5. The Hall–Kier alpha value is -1.14. The Labute approximate surface area is 76.9 Å². The number of amides is 1. The summed E-state index contributed by atoms with van der Waals surface area (Å²) in [6.07, 6.45) is 2.05. The summed E-state index contributed by atoms with van der Waals surface area (Å²) >= 11 is 0. The van der Waals surface area contributed by atoms with Crippen molar-refractivity contribution in [3.05, 3.63) is 23.8 Å². The Morgan fingerprint density at radius 3 is 2.46 bits per heavy atom. The molecule has 0 radical (unpaired) electrons. The van der Waals surface area contributed by atoms with Crippen LogP contribution in [0.1, 0.15) is 13.3 Å². The largest absolute Gasteiger partial charge is 0.328 e. The van der Waals surface area contributed by atoms with Crippen LogP contribution in [0.2, 0.25) is 0 Å². The Morgan fingerprint density at radius 2 is 2.15 bits per heavy atom. The van der Waals surface area contributed by atoms with Crippen LogP contribution in [0.4, 0.5) is 0 Å². The van der Waals surface area contributed by atoms with Gasteiger partial charge in [-0.2, -0.15) is 8.42 Å². The van der Waals surface area contributed by atoms with Gasteiger partial charge in [0.2, 0.25) is 5.91 Å². The summed E-state index contributed by atoms with van der Waals surface area (Å²) in [7, 11) is -4.21. The van der Waals surface area contributed by atoms with E-state index in [1.165, 1.54) is 0 Å². The van der Waals surface area contributed by atoms with E-state index in [9.17, 15) is 13.2 Å². The van der Waals surface area contributed by atoms with E-state index in [4.69, 9.17) is 4.55 Å². The number of hydrogen-bond donors (Lipinski definition) is 2. The Kier molecular flexibility index (Phi) is 4.36. The van der Waals surface area contributed by atoms with Gasteiger partial charge < -0.3 is 5.32 Å². The van der Waals surface area contributed by atoms with Crippen LogP contribution in [0.5, 0.6) is 0 Å². The van der Waals surface area contributed by atoms with Crippen LogP contribution < -0.4 is 5.32 Å². The molecule has 13 heavy (non-hydrogen) atoms. The van der Waals surface area contributed by atoms with Gasteiger partial charge in [0.15, 0.2) is 0 Å². The molecule has 0 atom stereocenters. The number of nitrogens with one attached hydrogen (secondary N) is 1. The molecule has 0 aromatic heterocycles. The second-order valence-electron chi connectivity index (χ2n) is 2.15. The number of rotatable bonds is 4. The van der Waals surface area contributed by atoms with E-state index >= 15 is 0 Å². The van der Waals surface area contributed by atoms with Gasteiger partial charge in [0.25, 0.3) is 10.1 Å². The predicted octanol–water partition coefficient (Wildman–Crippen LogP) is 0.428. The number of carbonyl (C=O) groups excluding carboxylic acids is 1. The van der Waals surface area contributed by atoms with Gasteiger partial charge in [0, 0.05) is 6.20 Å². The molecule has 0 heterocycles. The lowest BCUT2D eigenvalue weighted by Gasteiger charge is -1.99. The number of allylic oxidation sites excluding steroid dienone is 1. The molecular formula is C7H11NO4S. The lowest BCUT2D eigenvalue weighted by Crippen LogP contribution is -2.16. The first-order valence-corrected chi connectivity index (χ1v) is 4.95. The lowest BCUT2D eigenvalue weighted by molar-refractivity contribution is -0.115. The van der Waals surface area contributed by atoms with Gasteiger partial charge in [-0.3, -0.25) is 9.35 Å². The maximum Gasteiger partial charge on any atom is 0.292 e. The third-order valence-corrected chi connectivity index (χ3v) is 2.31. The maximum absolute atomic E-state index is 10.6. The Bertz CT molecular complexity index is 328. The van der Waals surface area contributed by atoms with Crippen molar-refractivity contribution in [1.82, 2.24) is 5.32 Å². The summed E-state index contributed by atoms with van der Waals surface area (Å²) < 4.78 is 29.7. The Balaban J connectivity index is 4.61. The van der Waals surface area contributed by atoms with E-state index in [0.717, 1.165) is 12.3 Å². The van der Waals surface area contributed by atoms with Gasteiger partial charge in [-0.15, -0.1) is 0 Å². The van der Waals surface area contributed by atoms with Crippen molar-refractivity contribution in [2.24, 2.45) is 0 Å². The van der Waals surface area contributed by atoms with Gasteiger partial charge >= 0.3 is 0 Å². The first-order chi connectivity index (χ1) is 5.91. The summed E-state index contributed by atoms with van der Waals surface area (Å²) in [5.41, 5.74) is 0. The van der Waals surface area contributed by atoms with Crippen molar-refractivity contribution in [3.8, 4) is 0 Å². The molecule has 74 valence electrons. The van der Waals surface area contributed by atoms with Crippen molar-refractivity contribution in [1.29, 1.82) is 0 Å². The van der Waals surface area contributed by atoms with Gasteiger partial charge in [0.1, 0.15) is 0 Å². The molecular weight excluding hydrogens is 194 g/mol. The van der Waals surface area contributed by atoms with Crippen LogP contribution in [0.15, 0.2) is 23.8 Å². The topological polar surface area (TPSA) is 83.5 Å². The van der Waals surface area contributed by atoms with Gasteiger partial charge in [-0.25, -0.2) is 0 Å². The molecule has 1 amide bonds. The van der Waals surface area contributed by atoms with Crippen LogP contribution in [0.3, 0.4) is 0 Å². The highest BCUT2D eigenvalue weighted by atomic mass is 32.2. The molecule has 0 saturated carbocycles. The molecule has 0 aromatic carbocycles. The highest BCUT2D eigenvalue weighted by molar-refractivity contribution is 7.89. The zero-order valence-electron chi connectivity index (χ0n) is 7.15. The molecule has 0 unspecified atom stereocenters. The van der Waals surface area contributed by atoms with E-state index < -0.39 is 16.0 Å². The molecule has 0 fully saturated rings. The molecule has 0 aromatic rings. The third kappa shape index (κ3) is 4.44. The summed E-state index contributed by atoms with van der Waals surface area (Å²) in [6, 6.07) is 0. The smallest absolute Gasteiger partial charge is 0.292 e. The molecule has 0 spiro atoms. The van der Waals surface area contributed by atoms with Crippen molar-refractivity contribution < 1.29 is 17.8 Å². The fraction of sp³-hybridized carbons (Fsp3) is 0.286. The first-order valence-electron chi connectivity index (χ1n) is 3.51. The molecule has 0 saturated heterocycles. The SMILES string of the molecule is C=CC(=O)NC=C(CC)S(=O)(=O)O. The van der Waals surface area contributed by atoms with Gasteiger partial charge in [-0.1, -0.05) is 13.5 Å². The predicted molar refractivity (Wildman–Crippen MR) is 48.3 cm³/mol. The average molecular weight is 205 g/mol. The van der Waals surface area contributed by atoms with E-state index in [1.807, 2.05) is 0 Å². The fourth-order valence-corrected chi connectivity index (χ4v) is 1.14. The molecule has 5 nitrogen and oxygen atoms in total. The van der Waals surface area contributed by atoms with Crippen LogP contribution in [0, 0.1) is 0 Å². The van der Waals surface area contributed by atoms with Crippen molar-refractivity contribution in [3.63, 3.8) is 0 Å². The molecule has 0 aliphatic carbocycles. The minimum Gasteiger partial charge on any atom is -0.328 e. The minimum atomic E-state index is -4.21. The van der Waals surface area contributed by atoms with Crippen molar-refractivity contribution in [2.45, 2.75) is 13.3 Å². The van der Waals surface area contributed by atoms with Gasteiger partial charge in [-0.05, 0) is 12.5 Å². The highest BCUT2D eigenvalue weighted by Crippen LogP contribution is 2.06. The summed E-state index contributed by atoms with van der Waals surface area (Å²) in [5.74, 6) is -0.533. The molecule has 0 aliphatic heterocycles. The van der Waals surface area contributed by atoms with Crippen LogP contribution in [-0.4, -0.2) is 18.9 Å². The van der Waals surface area contributed by atoms with E-state index in [2.05, 4.69) is 11.9 Å². The van der Waals surface area contributed by atoms with Crippen LogP contribution in [-0.2, 0) is 14.9 Å². The summed E-state index contributed by atoms with van der Waals surface area (Å²) in [5, 5.41) is 2.13. The number of carbonyl (C=O) groups is 1. The van der Waals surface area contributed by atoms with Crippen molar-refractivity contribution in [2.75, 3.05) is 0 Å². The first kappa shape index (κ1) is 11.9. The third-order valence-electron chi connectivity index (χ3n) is 1.24. The van der Waals surface area contributed by atoms with E-state index in [0.29, 0.717) is 0 Å². The molecule has 6 heteroatoms. The highest BCUT2D eigenvalue weighted by Gasteiger charge is 2.10. The molecule has 0 rings (SSSR count). The van der Waals surface area contributed by atoms with Crippen LogP contribution >= 0.6 is 0 Å². The molecule has 2 N–H and O–H groups in total. The molecule has 0 aliphatic rings. The van der Waals surface area contributed by atoms with E-state index in [1.54, 1.807) is 6.92 Å². The second-order valence-corrected chi connectivity index (χ2v) is 3.63. The van der Waals surface area contributed by atoms with Crippen molar-refractivity contribution >= 4 is 16.0 Å². The fourth-order valence-electron chi connectivity index (χ4n) is 0.569.